The van der Waals surface area contributed by atoms with Crippen LogP contribution in [0.5, 0.6) is 0 Å². The zero-order valence-corrected chi connectivity index (χ0v) is 9.58. The maximum atomic E-state index is 11.7. The van der Waals surface area contributed by atoms with Crippen molar-refractivity contribution in [1.29, 1.82) is 0 Å². The molecule has 0 aliphatic heterocycles. The van der Waals surface area contributed by atoms with E-state index in [9.17, 15) is 4.79 Å². The van der Waals surface area contributed by atoms with Crippen molar-refractivity contribution in [2.75, 3.05) is 0 Å². The molecule has 0 aliphatic carbocycles. The number of hydrogen-bond acceptors (Lipinski definition) is 2. The largest absolute Gasteiger partial charge is 0.322 e. The number of pyridine rings is 1. The first-order valence-corrected chi connectivity index (χ1v) is 5.61. The van der Waals surface area contributed by atoms with Crippen molar-refractivity contribution in [3.63, 3.8) is 0 Å². The molecule has 0 atom stereocenters. The van der Waals surface area contributed by atoms with Crippen molar-refractivity contribution in [2.45, 2.75) is 0 Å². The Morgan fingerprint density at radius 3 is 2.67 bits per heavy atom. The predicted molar refractivity (Wildman–Crippen MR) is 69.6 cm³/mol. The second-order valence-electron chi connectivity index (χ2n) is 3.95. The molecular weight excluding hydrogens is 226 g/mol. The molecule has 0 fully saturated rings. The molecule has 4 nitrogen and oxygen atoms in total. The highest BCUT2D eigenvalue weighted by Gasteiger charge is 2.02. The smallest absolute Gasteiger partial charge is 0.250 e. The fourth-order valence-electron chi connectivity index (χ4n) is 1.86. The van der Waals surface area contributed by atoms with E-state index in [1.54, 1.807) is 18.6 Å². The number of nitrogens with one attached hydrogen (secondary N) is 1. The van der Waals surface area contributed by atoms with Crippen LogP contribution in [0.4, 0.5) is 0 Å². The van der Waals surface area contributed by atoms with Crippen LogP contribution < -0.4 is 5.56 Å². The van der Waals surface area contributed by atoms with Crippen molar-refractivity contribution in [2.24, 2.45) is 0 Å². The lowest BCUT2D eigenvalue weighted by Gasteiger charge is -2.05. The minimum Gasteiger partial charge on any atom is -0.322 e. The fraction of sp³-hybridized carbons (Fsp3) is 0. The highest BCUT2D eigenvalue weighted by atomic mass is 16.1. The lowest BCUT2D eigenvalue weighted by Crippen LogP contribution is -2.08. The number of rotatable bonds is 2. The van der Waals surface area contributed by atoms with Crippen molar-refractivity contribution < 1.29 is 0 Å². The van der Waals surface area contributed by atoms with E-state index in [0.29, 0.717) is 0 Å². The SMILES string of the molecule is O=c1cc(-n2ccnc2)cc(-c2ccccc2)[nH]1. The highest BCUT2D eigenvalue weighted by molar-refractivity contribution is 5.61. The number of aromatic amines is 1. The zero-order chi connectivity index (χ0) is 12.4. The first-order valence-electron chi connectivity index (χ1n) is 5.61. The topological polar surface area (TPSA) is 50.7 Å². The Morgan fingerprint density at radius 1 is 1.11 bits per heavy atom. The third kappa shape index (κ3) is 1.96. The zero-order valence-electron chi connectivity index (χ0n) is 9.58. The Hall–Kier alpha value is -2.62. The normalized spacial score (nSPS) is 10.4. The molecule has 0 amide bonds. The van der Waals surface area contributed by atoms with Gasteiger partial charge in [-0.25, -0.2) is 4.98 Å². The van der Waals surface area contributed by atoms with Crippen molar-refractivity contribution in [1.82, 2.24) is 14.5 Å². The second-order valence-corrected chi connectivity index (χ2v) is 3.95. The number of aromatic nitrogens is 3. The summed E-state index contributed by atoms with van der Waals surface area (Å²) in [6.45, 7) is 0. The van der Waals surface area contributed by atoms with Crippen LogP contribution in [0.3, 0.4) is 0 Å². The summed E-state index contributed by atoms with van der Waals surface area (Å²) >= 11 is 0. The summed E-state index contributed by atoms with van der Waals surface area (Å²) < 4.78 is 1.81. The van der Waals surface area contributed by atoms with Crippen LogP contribution in [0, 0.1) is 0 Å². The van der Waals surface area contributed by atoms with Gasteiger partial charge < -0.3 is 9.55 Å². The molecule has 0 radical (unpaired) electrons. The van der Waals surface area contributed by atoms with Crippen LogP contribution in [0.25, 0.3) is 16.9 Å². The summed E-state index contributed by atoms with van der Waals surface area (Å²) in [6, 6.07) is 13.2. The second kappa shape index (κ2) is 4.33. The Balaban J connectivity index is 2.15. The van der Waals surface area contributed by atoms with Gasteiger partial charge in [0.1, 0.15) is 0 Å². The molecule has 0 saturated carbocycles. The molecule has 18 heavy (non-hydrogen) atoms. The molecule has 88 valence electrons. The van der Waals surface area contributed by atoms with Crippen LogP contribution in [0.2, 0.25) is 0 Å². The minimum atomic E-state index is -0.125. The van der Waals surface area contributed by atoms with Gasteiger partial charge in [0.25, 0.3) is 0 Å². The Labute approximate surface area is 104 Å². The van der Waals surface area contributed by atoms with Gasteiger partial charge in [-0.1, -0.05) is 30.3 Å². The monoisotopic (exact) mass is 237 g/mol. The maximum absolute atomic E-state index is 11.7. The molecule has 2 aromatic heterocycles. The number of imidazole rings is 1. The Morgan fingerprint density at radius 2 is 1.94 bits per heavy atom. The number of nitrogens with zero attached hydrogens (tertiary/aromatic N) is 2. The Kier molecular flexibility index (Phi) is 2.53. The molecule has 3 rings (SSSR count). The van der Waals surface area contributed by atoms with Gasteiger partial charge in [-0.2, -0.15) is 0 Å². The standard InChI is InChI=1S/C14H11N3O/c18-14-9-12(17-7-6-15-10-17)8-13(16-14)11-4-2-1-3-5-11/h1-10H,(H,16,18). The van der Waals surface area contributed by atoms with Gasteiger partial charge >= 0.3 is 0 Å². The van der Waals surface area contributed by atoms with E-state index in [-0.39, 0.29) is 5.56 Å². The van der Waals surface area contributed by atoms with Gasteiger partial charge in [0.05, 0.1) is 17.7 Å². The fourth-order valence-corrected chi connectivity index (χ4v) is 1.86. The van der Waals surface area contributed by atoms with E-state index < -0.39 is 0 Å². The van der Waals surface area contributed by atoms with Gasteiger partial charge in [-0.05, 0) is 11.6 Å². The number of H-pyrrole nitrogens is 1. The molecule has 4 heteroatoms. The van der Waals surface area contributed by atoms with E-state index in [1.165, 1.54) is 0 Å². The number of hydrogen-bond donors (Lipinski definition) is 1. The molecule has 0 spiro atoms. The Bertz CT molecular complexity index is 699. The van der Waals surface area contributed by atoms with E-state index in [0.717, 1.165) is 16.9 Å². The first kappa shape index (κ1) is 10.5. The summed E-state index contributed by atoms with van der Waals surface area (Å²) in [7, 11) is 0. The lowest BCUT2D eigenvalue weighted by molar-refractivity contribution is 1.04. The highest BCUT2D eigenvalue weighted by Crippen LogP contribution is 2.17. The van der Waals surface area contributed by atoms with Crippen molar-refractivity contribution in [3.05, 3.63) is 71.5 Å². The van der Waals surface area contributed by atoms with Crippen molar-refractivity contribution >= 4 is 0 Å². The molecule has 1 aromatic carbocycles. The third-order valence-electron chi connectivity index (χ3n) is 2.72. The average Bonchev–Trinajstić information content (AvgIpc) is 2.93. The van der Waals surface area contributed by atoms with E-state index in [4.69, 9.17) is 0 Å². The quantitative estimate of drug-likeness (QED) is 0.743. The summed E-state index contributed by atoms with van der Waals surface area (Å²) in [5.74, 6) is 0. The van der Waals surface area contributed by atoms with Gasteiger partial charge in [0, 0.05) is 18.5 Å². The van der Waals surface area contributed by atoms with Gasteiger partial charge in [-0.15, -0.1) is 0 Å². The van der Waals surface area contributed by atoms with E-state index in [2.05, 4.69) is 9.97 Å². The van der Waals surface area contributed by atoms with Gasteiger partial charge in [0.2, 0.25) is 5.56 Å². The molecule has 0 bridgehead atoms. The molecule has 1 N–H and O–H groups in total. The molecule has 2 heterocycles. The average molecular weight is 237 g/mol. The molecular formula is C14H11N3O. The van der Waals surface area contributed by atoms with Crippen LogP contribution >= 0.6 is 0 Å². The predicted octanol–water partition coefficient (Wildman–Crippen LogP) is 2.23. The molecule has 0 unspecified atom stereocenters. The third-order valence-corrected chi connectivity index (χ3v) is 2.72. The van der Waals surface area contributed by atoms with Crippen LogP contribution in [-0.4, -0.2) is 14.5 Å². The van der Waals surface area contributed by atoms with E-state index >= 15 is 0 Å². The summed E-state index contributed by atoms with van der Waals surface area (Å²) in [5.41, 5.74) is 2.46. The summed E-state index contributed by atoms with van der Waals surface area (Å²) in [5, 5.41) is 0. The summed E-state index contributed by atoms with van der Waals surface area (Å²) in [6.07, 6.45) is 5.16. The van der Waals surface area contributed by atoms with Crippen molar-refractivity contribution in [3.8, 4) is 16.9 Å². The van der Waals surface area contributed by atoms with Crippen LogP contribution in [0.1, 0.15) is 0 Å². The van der Waals surface area contributed by atoms with Crippen LogP contribution in [-0.2, 0) is 0 Å². The first-order chi connectivity index (χ1) is 8.83. The van der Waals surface area contributed by atoms with Gasteiger partial charge in [-0.3, -0.25) is 4.79 Å². The molecule has 0 saturated heterocycles. The number of benzene rings is 1. The summed E-state index contributed by atoms with van der Waals surface area (Å²) in [4.78, 5) is 18.5. The molecule has 3 aromatic rings. The van der Waals surface area contributed by atoms with E-state index in [1.807, 2.05) is 47.2 Å². The van der Waals surface area contributed by atoms with Gasteiger partial charge in [0.15, 0.2) is 0 Å². The minimum absolute atomic E-state index is 0.125. The maximum Gasteiger partial charge on any atom is 0.250 e. The van der Waals surface area contributed by atoms with Crippen LogP contribution in [0.15, 0.2) is 66.0 Å². The lowest BCUT2D eigenvalue weighted by atomic mass is 10.1. The molecule has 0 aliphatic rings.